The molecule has 25 heavy (non-hydrogen) atoms. The average molecular weight is 340 g/mol. The first-order valence-corrected chi connectivity index (χ1v) is 9.05. The van der Waals surface area contributed by atoms with Gasteiger partial charge in [0.1, 0.15) is 0 Å². The van der Waals surface area contributed by atoms with Crippen molar-refractivity contribution in [3.05, 3.63) is 52.3 Å². The minimum absolute atomic E-state index is 0.0446. The fourth-order valence-electron chi connectivity index (χ4n) is 3.34. The lowest BCUT2D eigenvalue weighted by Crippen LogP contribution is -2.41. The number of urea groups is 1. The van der Waals surface area contributed by atoms with Crippen molar-refractivity contribution >= 4 is 6.03 Å². The Hall–Kier alpha value is -2.30. The quantitative estimate of drug-likeness (QED) is 0.877. The number of aryl methyl sites for hydroxylation is 3. The molecule has 0 aliphatic heterocycles. The number of hydrogen-bond donors (Lipinski definition) is 1. The second-order valence-corrected chi connectivity index (χ2v) is 7.10. The minimum Gasteiger partial charge on any atom is -0.338 e. The molecule has 1 heterocycles. The largest absolute Gasteiger partial charge is 0.338 e. The zero-order valence-electron chi connectivity index (χ0n) is 15.7. The van der Waals surface area contributed by atoms with Crippen LogP contribution in [0.1, 0.15) is 40.9 Å². The van der Waals surface area contributed by atoms with Gasteiger partial charge in [-0.3, -0.25) is 4.68 Å². The predicted octanol–water partition coefficient (Wildman–Crippen LogP) is 3.26. The molecule has 134 valence electrons. The van der Waals surface area contributed by atoms with Crippen LogP contribution in [0, 0.1) is 20.8 Å². The third kappa shape index (κ3) is 4.21. The summed E-state index contributed by atoms with van der Waals surface area (Å²) in [6.45, 7) is 7.51. The number of nitrogens with one attached hydrogen (secondary N) is 1. The van der Waals surface area contributed by atoms with Crippen LogP contribution in [0.2, 0.25) is 0 Å². The van der Waals surface area contributed by atoms with Crippen molar-refractivity contribution in [2.24, 2.45) is 7.05 Å². The third-order valence-corrected chi connectivity index (χ3v) is 4.99. The highest BCUT2D eigenvalue weighted by atomic mass is 16.2. The number of aromatic nitrogens is 2. The van der Waals surface area contributed by atoms with Gasteiger partial charge < -0.3 is 10.2 Å². The number of hydrogen-bond acceptors (Lipinski definition) is 2. The standard InChI is InChI=1S/C20H28N4O/c1-14-6-5-7-17(12-14)13-24(18-8-9-18)20(25)21-11-10-19-15(2)22-23(4)16(19)3/h5-7,12,18H,8-11,13H2,1-4H3,(H,21,25). The van der Waals surface area contributed by atoms with Gasteiger partial charge in [0.25, 0.3) is 0 Å². The van der Waals surface area contributed by atoms with E-state index in [0.717, 1.165) is 25.0 Å². The van der Waals surface area contributed by atoms with Crippen molar-refractivity contribution in [2.75, 3.05) is 6.54 Å². The monoisotopic (exact) mass is 340 g/mol. The molecular weight excluding hydrogens is 312 g/mol. The first-order valence-electron chi connectivity index (χ1n) is 9.05. The molecule has 0 atom stereocenters. The molecule has 0 radical (unpaired) electrons. The summed E-state index contributed by atoms with van der Waals surface area (Å²) >= 11 is 0. The highest BCUT2D eigenvalue weighted by Gasteiger charge is 2.32. The van der Waals surface area contributed by atoms with E-state index in [2.05, 4.69) is 48.5 Å². The van der Waals surface area contributed by atoms with Crippen LogP contribution in [0.4, 0.5) is 4.79 Å². The van der Waals surface area contributed by atoms with E-state index >= 15 is 0 Å². The van der Waals surface area contributed by atoms with Crippen LogP contribution in [0.15, 0.2) is 24.3 Å². The SMILES string of the molecule is Cc1cccc(CN(C(=O)NCCc2c(C)nn(C)c2C)C2CC2)c1. The summed E-state index contributed by atoms with van der Waals surface area (Å²) in [6, 6.07) is 8.83. The van der Waals surface area contributed by atoms with E-state index in [-0.39, 0.29) is 6.03 Å². The molecule has 5 nitrogen and oxygen atoms in total. The summed E-state index contributed by atoms with van der Waals surface area (Å²) in [7, 11) is 1.96. The van der Waals surface area contributed by atoms with Crippen LogP contribution in [0.3, 0.4) is 0 Å². The Bertz CT molecular complexity index is 761. The van der Waals surface area contributed by atoms with Crippen LogP contribution < -0.4 is 5.32 Å². The molecule has 0 unspecified atom stereocenters. The Morgan fingerprint density at radius 2 is 2.08 bits per heavy atom. The van der Waals surface area contributed by atoms with Crippen molar-refractivity contribution in [3.63, 3.8) is 0 Å². The van der Waals surface area contributed by atoms with Crippen LogP contribution in [0.25, 0.3) is 0 Å². The maximum Gasteiger partial charge on any atom is 0.317 e. The summed E-state index contributed by atoms with van der Waals surface area (Å²) in [5.74, 6) is 0. The number of benzene rings is 1. The molecule has 0 saturated heterocycles. The van der Waals surface area contributed by atoms with Gasteiger partial charge in [0.15, 0.2) is 0 Å². The van der Waals surface area contributed by atoms with Gasteiger partial charge in [0.05, 0.1) is 5.69 Å². The fourth-order valence-corrected chi connectivity index (χ4v) is 3.34. The molecule has 2 aromatic rings. The Balaban J connectivity index is 1.58. The van der Waals surface area contributed by atoms with E-state index in [1.165, 1.54) is 22.4 Å². The number of amides is 2. The highest BCUT2D eigenvalue weighted by molar-refractivity contribution is 5.75. The van der Waals surface area contributed by atoms with Gasteiger partial charge in [-0.25, -0.2) is 4.79 Å². The predicted molar refractivity (Wildman–Crippen MR) is 99.5 cm³/mol. The molecule has 1 aliphatic rings. The van der Waals surface area contributed by atoms with Gasteiger partial charge in [0.2, 0.25) is 0 Å². The molecule has 1 saturated carbocycles. The van der Waals surface area contributed by atoms with E-state index in [1.54, 1.807) is 0 Å². The fraction of sp³-hybridized carbons (Fsp3) is 0.500. The lowest BCUT2D eigenvalue weighted by molar-refractivity contribution is 0.192. The summed E-state index contributed by atoms with van der Waals surface area (Å²) < 4.78 is 1.90. The zero-order valence-corrected chi connectivity index (χ0v) is 15.7. The van der Waals surface area contributed by atoms with Crippen LogP contribution in [0.5, 0.6) is 0 Å². The maximum absolute atomic E-state index is 12.7. The zero-order chi connectivity index (χ0) is 18.0. The first-order chi connectivity index (χ1) is 12.0. The maximum atomic E-state index is 12.7. The minimum atomic E-state index is 0.0446. The second-order valence-electron chi connectivity index (χ2n) is 7.10. The summed E-state index contributed by atoms with van der Waals surface area (Å²) in [4.78, 5) is 14.7. The van der Waals surface area contributed by atoms with E-state index in [1.807, 2.05) is 23.6 Å². The lowest BCUT2D eigenvalue weighted by atomic mass is 10.1. The average Bonchev–Trinajstić information content (AvgIpc) is 3.37. The molecule has 1 aliphatic carbocycles. The normalized spacial score (nSPS) is 13.8. The Morgan fingerprint density at radius 1 is 1.32 bits per heavy atom. The van der Waals surface area contributed by atoms with Gasteiger partial charge in [-0.2, -0.15) is 5.10 Å². The molecule has 1 aromatic heterocycles. The second kappa shape index (κ2) is 7.30. The van der Waals surface area contributed by atoms with Crippen molar-refractivity contribution < 1.29 is 4.79 Å². The summed E-state index contributed by atoms with van der Waals surface area (Å²) in [5.41, 5.74) is 5.88. The van der Waals surface area contributed by atoms with E-state index in [0.29, 0.717) is 19.1 Å². The molecule has 1 N–H and O–H groups in total. The van der Waals surface area contributed by atoms with Crippen LogP contribution in [-0.4, -0.2) is 33.3 Å². The molecule has 5 heteroatoms. The Kier molecular flexibility index (Phi) is 5.11. The van der Waals surface area contributed by atoms with Gasteiger partial charge in [0, 0.05) is 31.9 Å². The van der Waals surface area contributed by atoms with Crippen LogP contribution >= 0.6 is 0 Å². The van der Waals surface area contributed by atoms with E-state index in [9.17, 15) is 4.79 Å². The summed E-state index contributed by atoms with van der Waals surface area (Å²) in [5, 5.41) is 7.54. The van der Waals surface area contributed by atoms with Gasteiger partial charge in [-0.1, -0.05) is 29.8 Å². The summed E-state index contributed by atoms with van der Waals surface area (Å²) in [6.07, 6.45) is 3.04. The number of nitrogens with zero attached hydrogens (tertiary/aromatic N) is 3. The first kappa shape index (κ1) is 17.5. The highest BCUT2D eigenvalue weighted by Crippen LogP contribution is 2.28. The molecule has 0 bridgehead atoms. The number of carbonyl (C=O) groups excluding carboxylic acids is 1. The number of rotatable bonds is 6. The van der Waals surface area contributed by atoms with Gasteiger partial charge >= 0.3 is 6.03 Å². The molecule has 1 aromatic carbocycles. The molecule has 3 rings (SSSR count). The smallest absolute Gasteiger partial charge is 0.317 e. The molecular formula is C20H28N4O. The Morgan fingerprint density at radius 3 is 2.68 bits per heavy atom. The van der Waals surface area contributed by atoms with Crippen molar-refractivity contribution in [2.45, 2.75) is 52.6 Å². The van der Waals surface area contributed by atoms with E-state index < -0.39 is 0 Å². The van der Waals surface area contributed by atoms with Crippen LogP contribution in [-0.2, 0) is 20.0 Å². The van der Waals surface area contributed by atoms with Crippen molar-refractivity contribution in [1.82, 2.24) is 20.0 Å². The molecule has 2 amide bonds. The number of carbonyl (C=O) groups is 1. The van der Waals surface area contributed by atoms with Crippen molar-refractivity contribution in [3.8, 4) is 0 Å². The third-order valence-electron chi connectivity index (χ3n) is 4.99. The molecule has 1 fully saturated rings. The Labute approximate surface area is 150 Å². The van der Waals surface area contributed by atoms with E-state index in [4.69, 9.17) is 0 Å². The van der Waals surface area contributed by atoms with Gasteiger partial charge in [-0.15, -0.1) is 0 Å². The van der Waals surface area contributed by atoms with Crippen molar-refractivity contribution in [1.29, 1.82) is 0 Å². The molecule has 0 spiro atoms. The lowest BCUT2D eigenvalue weighted by Gasteiger charge is -2.23. The topological polar surface area (TPSA) is 50.2 Å². The van der Waals surface area contributed by atoms with Gasteiger partial charge in [-0.05, 0) is 51.2 Å².